The normalized spacial score (nSPS) is 13.0. The van der Waals surface area contributed by atoms with Gasteiger partial charge in [0.15, 0.2) is 17.4 Å². The van der Waals surface area contributed by atoms with Crippen LogP contribution >= 0.6 is 0 Å². The van der Waals surface area contributed by atoms with E-state index < -0.39 is 34.7 Å². The number of nitrogens with one attached hydrogen (secondary N) is 1. The Morgan fingerprint density at radius 1 is 1.12 bits per heavy atom. The van der Waals surface area contributed by atoms with Crippen molar-refractivity contribution in [3.63, 3.8) is 0 Å². The minimum Gasteiger partial charge on any atom is -0.503 e. The van der Waals surface area contributed by atoms with Gasteiger partial charge in [-0.15, -0.1) is 0 Å². The lowest BCUT2D eigenvalue weighted by Crippen LogP contribution is -2.39. The van der Waals surface area contributed by atoms with Gasteiger partial charge in [-0.1, -0.05) is 12.1 Å². The third kappa shape index (κ3) is 6.51. The van der Waals surface area contributed by atoms with Crippen molar-refractivity contribution in [1.82, 2.24) is 25.2 Å². The maximum absolute atomic E-state index is 14.5. The van der Waals surface area contributed by atoms with E-state index in [0.717, 1.165) is 37.6 Å². The minimum atomic E-state index is -1.70. The molecule has 1 saturated carbocycles. The Morgan fingerprint density at radius 2 is 1.83 bits per heavy atom. The molecule has 41 heavy (non-hydrogen) atoms. The van der Waals surface area contributed by atoms with E-state index in [1.807, 2.05) is 36.7 Å². The smallest absolute Gasteiger partial charge is 0.267 e. The largest absolute Gasteiger partial charge is 0.503 e. The van der Waals surface area contributed by atoms with Crippen molar-refractivity contribution in [2.75, 3.05) is 12.0 Å². The summed E-state index contributed by atoms with van der Waals surface area (Å²) in [5.41, 5.74) is 1.64. The van der Waals surface area contributed by atoms with E-state index in [1.54, 1.807) is 23.2 Å². The van der Waals surface area contributed by atoms with Crippen LogP contribution in [-0.2, 0) is 13.1 Å². The number of rotatable bonds is 9. The Kier molecular flexibility index (Phi) is 9.28. The maximum Gasteiger partial charge on any atom is 0.267 e. The molecule has 1 fully saturated rings. The van der Waals surface area contributed by atoms with Crippen LogP contribution in [0.4, 0.5) is 19.1 Å². The first-order valence-corrected chi connectivity index (χ1v) is 13.0. The molecule has 5 rings (SSSR count). The van der Waals surface area contributed by atoms with Gasteiger partial charge in [-0.3, -0.25) is 9.48 Å². The van der Waals surface area contributed by atoms with Gasteiger partial charge < -0.3 is 25.0 Å². The Labute approximate surface area is 234 Å². The molecule has 10 nitrogen and oxygen atoms in total. The number of aliphatic hydroxyl groups is 1. The first-order valence-electron chi connectivity index (χ1n) is 13.0. The second kappa shape index (κ2) is 12.9. The molecule has 2 heterocycles. The van der Waals surface area contributed by atoms with Crippen molar-refractivity contribution in [1.29, 1.82) is 0 Å². The van der Waals surface area contributed by atoms with Crippen LogP contribution < -0.4 is 10.2 Å². The molecule has 1 amide bonds. The molecular formula is C28H31F3N6O4. The number of aliphatic hydroxyl groups excluding tert-OH is 1. The summed E-state index contributed by atoms with van der Waals surface area (Å²) in [6, 6.07) is 9.80. The van der Waals surface area contributed by atoms with Gasteiger partial charge in [0.05, 0.1) is 17.8 Å². The SMILES string of the molecule is CC(C)n1nccc1CN(Cc1ccc(C(=O)NC2CCC2)cc1)c1noc(-c2cc(F)c(F)c(O)c2F)n1.CO. The predicted molar refractivity (Wildman–Crippen MR) is 143 cm³/mol. The second-order valence-electron chi connectivity index (χ2n) is 9.80. The number of phenolic OH excluding ortho intramolecular Hbond substituents is 1. The summed E-state index contributed by atoms with van der Waals surface area (Å²) in [4.78, 5) is 18.4. The third-order valence-corrected chi connectivity index (χ3v) is 6.69. The van der Waals surface area contributed by atoms with E-state index in [9.17, 15) is 23.1 Å². The van der Waals surface area contributed by atoms with Gasteiger partial charge in [0.25, 0.3) is 17.7 Å². The molecule has 2 aromatic carbocycles. The molecule has 218 valence electrons. The van der Waals surface area contributed by atoms with Crippen LogP contribution in [0, 0.1) is 17.5 Å². The number of halogens is 3. The van der Waals surface area contributed by atoms with Crippen LogP contribution in [-0.4, -0.2) is 49.2 Å². The quantitative estimate of drug-likeness (QED) is 0.246. The fourth-order valence-electron chi connectivity index (χ4n) is 4.33. The Bertz CT molecular complexity index is 1480. The van der Waals surface area contributed by atoms with Gasteiger partial charge in [0.1, 0.15) is 0 Å². The first kappa shape index (κ1) is 29.6. The number of amides is 1. The summed E-state index contributed by atoms with van der Waals surface area (Å²) in [7, 11) is 1.00. The van der Waals surface area contributed by atoms with E-state index >= 15 is 0 Å². The van der Waals surface area contributed by atoms with Gasteiger partial charge in [-0.25, -0.2) is 8.78 Å². The molecule has 13 heteroatoms. The number of aromatic nitrogens is 4. The molecule has 1 aliphatic carbocycles. The minimum absolute atomic E-state index is 0.0527. The number of carbonyl (C=O) groups excluding carboxylic acids is 1. The molecule has 2 aromatic heterocycles. The monoisotopic (exact) mass is 572 g/mol. The molecule has 0 atom stereocenters. The zero-order valence-electron chi connectivity index (χ0n) is 22.8. The van der Waals surface area contributed by atoms with Crippen LogP contribution in [0.2, 0.25) is 0 Å². The van der Waals surface area contributed by atoms with Crippen molar-refractivity contribution in [2.24, 2.45) is 0 Å². The molecule has 0 radical (unpaired) electrons. The third-order valence-electron chi connectivity index (χ3n) is 6.69. The number of benzene rings is 2. The summed E-state index contributed by atoms with van der Waals surface area (Å²) in [6.07, 6.45) is 4.78. The van der Waals surface area contributed by atoms with E-state index in [0.29, 0.717) is 11.6 Å². The van der Waals surface area contributed by atoms with Crippen molar-refractivity contribution >= 4 is 11.9 Å². The summed E-state index contributed by atoms with van der Waals surface area (Å²) < 4.78 is 48.9. The van der Waals surface area contributed by atoms with Crippen LogP contribution in [0.25, 0.3) is 11.5 Å². The molecule has 1 aliphatic rings. The van der Waals surface area contributed by atoms with Crippen LogP contribution in [0.15, 0.2) is 47.1 Å². The summed E-state index contributed by atoms with van der Waals surface area (Å²) in [5, 5.41) is 27.9. The fourth-order valence-corrected chi connectivity index (χ4v) is 4.33. The van der Waals surface area contributed by atoms with Gasteiger partial charge in [-0.2, -0.15) is 14.5 Å². The first-order chi connectivity index (χ1) is 19.7. The van der Waals surface area contributed by atoms with Gasteiger partial charge in [0, 0.05) is 37.5 Å². The van der Waals surface area contributed by atoms with E-state index in [4.69, 9.17) is 9.63 Å². The summed E-state index contributed by atoms with van der Waals surface area (Å²) >= 11 is 0. The number of aromatic hydroxyl groups is 1. The molecule has 0 aliphatic heterocycles. The van der Waals surface area contributed by atoms with Crippen molar-refractivity contribution in [2.45, 2.75) is 58.3 Å². The Morgan fingerprint density at radius 3 is 2.46 bits per heavy atom. The van der Waals surface area contributed by atoms with Gasteiger partial charge in [-0.05, 0) is 68.1 Å². The summed E-state index contributed by atoms with van der Waals surface area (Å²) in [5.74, 6) is -6.54. The number of phenols is 1. The molecule has 0 spiro atoms. The maximum atomic E-state index is 14.5. The van der Waals surface area contributed by atoms with Gasteiger partial charge >= 0.3 is 0 Å². The predicted octanol–water partition coefficient (Wildman–Crippen LogP) is 4.73. The highest BCUT2D eigenvalue weighted by Gasteiger charge is 2.25. The Hall–Kier alpha value is -4.39. The number of hydrogen-bond acceptors (Lipinski definition) is 8. The molecule has 0 saturated heterocycles. The molecular weight excluding hydrogens is 541 g/mol. The van der Waals surface area contributed by atoms with Crippen molar-refractivity contribution < 1.29 is 32.7 Å². The number of hydrogen-bond donors (Lipinski definition) is 3. The lowest BCUT2D eigenvalue weighted by Gasteiger charge is -2.26. The average molecular weight is 573 g/mol. The lowest BCUT2D eigenvalue weighted by molar-refractivity contribution is 0.0917. The van der Waals surface area contributed by atoms with Crippen LogP contribution in [0.3, 0.4) is 0 Å². The standard InChI is InChI=1S/C27H27F3N6O3.CH4O/c1-15(2)36-19(10-11-31-36)14-35(13-16-6-8-17(9-7-16)25(38)32-18-4-3-5-18)27-33-26(39-34-27)20-12-21(28)23(30)24(37)22(20)29;1-2/h6-12,15,18,37H,3-5,13-14H2,1-2H3,(H,32,38);2H,1H3. The second-order valence-corrected chi connectivity index (χ2v) is 9.80. The molecule has 4 aromatic rings. The average Bonchev–Trinajstić information content (AvgIpc) is 3.63. The van der Waals surface area contributed by atoms with E-state index in [1.165, 1.54) is 0 Å². The summed E-state index contributed by atoms with van der Waals surface area (Å²) in [6.45, 7) is 4.53. The zero-order valence-corrected chi connectivity index (χ0v) is 22.8. The molecule has 0 bridgehead atoms. The van der Waals surface area contributed by atoms with Gasteiger partial charge in [0.2, 0.25) is 5.82 Å². The highest BCUT2D eigenvalue weighted by Crippen LogP contribution is 2.33. The Balaban J connectivity index is 0.00000189. The van der Waals surface area contributed by atoms with Crippen molar-refractivity contribution in [3.8, 4) is 17.2 Å². The van der Waals surface area contributed by atoms with Crippen LogP contribution in [0.5, 0.6) is 5.75 Å². The lowest BCUT2D eigenvalue weighted by atomic mass is 9.93. The van der Waals surface area contributed by atoms with Crippen molar-refractivity contribution in [3.05, 3.63) is 76.9 Å². The molecule has 0 unspecified atom stereocenters. The van der Waals surface area contributed by atoms with E-state index in [-0.39, 0.29) is 37.0 Å². The topological polar surface area (TPSA) is 130 Å². The highest BCUT2D eigenvalue weighted by molar-refractivity contribution is 5.94. The van der Waals surface area contributed by atoms with E-state index in [2.05, 4.69) is 20.6 Å². The van der Waals surface area contributed by atoms with Crippen LogP contribution in [0.1, 0.15) is 60.8 Å². The highest BCUT2D eigenvalue weighted by atomic mass is 19.2. The zero-order chi connectivity index (χ0) is 29.7. The molecule has 3 N–H and O–H groups in total. The number of carbonyl (C=O) groups is 1. The number of anilines is 1. The number of nitrogens with zero attached hydrogens (tertiary/aromatic N) is 5. The fraction of sp³-hybridized carbons (Fsp3) is 0.357.